The normalized spacial score (nSPS) is 16.0. The zero-order valence-electron chi connectivity index (χ0n) is 14.1. The highest BCUT2D eigenvalue weighted by molar-refractivity contribution is 5.59. The summed E-state index contributed by atoms with van der Waals surface area (Å²) in [5, 5.41) is 16.7. The van der Waals surface area contributed by atoms with Crippen LogP contribution in [0.5, 0.6) is 17.4 Å². The van der Waals surface area contributed by atoms with Crippen molar-refractivity contribution in [2.24, 2.45) is 5.73 Å². The minimum atomic E-state index is -0.511. The number of nitrogens with two attached hydrogens (primary N) is 1. The van der Waals surface area contributed by atoms with Crippen LogP contribution in [0.1, 0.15) is 22.7 Å². The molecule has 130 valence electrons. The van der Waals surface area contributed by atoms with E-state index in [1.54, 1.807) is 33.5 Å². The van der Waals surface area contributed by atoms with Crippen molar-refractivity contribution in [3.63, 3.8) is 0 Å². The zero-order chi connectivity index (χ0) is 18.0. The van der Waals surface area contributed by atoms with Crippen LogP contribution >= 0.6 is 0 Å². The molecule has 3 N–H and O–H groups in total. The Morgan fingerprint density at radius 3 is 2.76 bits per heavy atom. The molecule has 0 aliphatic carbocycles. The van der Waals surface area contributed by atoms with E-state index < -0.39 is 5.92 Å². The first-order chi connectivity index (χ1) is 12.1. The average Bonchev–Trinajstić information content (AvgIpc) is 3.02. The molecule has 1 aliphatic heterocycles. The third-order valence-electron chi connectivity index (χ3n) is 4.05. The third-order valence-corrected chi connectivity index (χ3v) is 4.05. The number of methoxy groups -OCH3 is 3. The summed E-state index contributed by atoms with van der Waals surface area (Å²) >= 11 is 0. The van der Waals surface area contributed by atoms with Gasteiger partial charge in [-0.15, -0.1) is 5.10 Å². The highest BCUT2D eigenvalue weighted by Gasteiger charge is 2.36. The van der Waals surface area contributed by atoms with Crippen molar-refractivity contribution in [1.29, 1.82) is 5.26 Å². The molecule has 25 heavy (non-hydrogen) atoms. The average molecular weight is 342 g/mol. The van der Waals surface area contributed by atoms with Crippen molar-refractivity contribution in [1.82, 2.24) is 10.2 Å². The molecule has 0 radical (unpaired) electrons. The van der Waals surface area contributed by atoms with Crippen LogP contribution in [0, 0.1) is 11.3 Å². The van der Waals surface area contributed by atoms with Gasteiger partial charge in [0.1, 0.15) is 23.1 Å². The summed E-state index contributed by atoms with van der Waals surface area (Å²) in [4.78, 5) is 0. The van der Waals surface area contributed by atoms with Gasteiger partial charge in [-0.1, -0.05) is 0 Å². The lowest BCUT2D eigenvalue weighted by molar-refractivity contribution is 0.180. The van der Waals surface area contributed by atoms with Gasteiger partial charge in [0.2, 0.25) is 11.8 Å². The molecule has 0 saturated carbocycles. The van der Waals surface area contributed by atoms with Gasteiger partial charge in [0.05, 0.1) is 38.0 Å². The Labute approximate surface area is 144 Å². The van der Waals surface area contributed by atoms with E-state index in [4.69, 9.17) is 24.7 Å². The van der Waals surface area contributed by atoms with Crippen molar-refractivity contribution < 1.29 is 18.9 Å². The van der Waals surface area contributed by atoms with Crippen molar-refractivity contribution in [3.05, 3.63) is 46.5 Å². The van der Waals surface area contributed by atoms with Gasteiger partial charge in [-0.2, -0.15) is 5.26 Å². The second kappa shape index (κ2) is 6.75. The molecule has 0 fully saturated rings. The van der Waals surface area contributed by atoms with Crippen molar-refractivity contribution in [2.45, 2.75) is 12.5 Å². The van der Waals surface area contributed by atoms with Gasteiger partial charge < -0.3 is 24.7 Å². The minimum absolute atomic E-state index is 0.0142. The van der Waals surface area contributed by atoms with Gasteiger partial charge in [-0.25, -0.2) is 0 Å². The summed E-state index contributed by atoms with van der Waals surface area (Å²) in [7, 11) is 4.72. The lowest BCUT2D eigenvalue weighted by atomic mass is 9.83. The number of nitrogens with one attached hydrogen (secondary N) is 1. The molecule has 0 amide bonds. The Morgan fingerprint density at radius 2 is 2.12 bits per heavy atom. The van der Waals surface area contributed by atoms with Gasteiger partial charge in [-0.3, -0.25) is 5.10 Å². The van der Waals surface area contributed by atoms with E-state index in [1.807, 2.05) is 6.07 Å². The first-order valence-corrected chi connectivity index (χ1v) is 7.50. The van der Waals surface area contributed by atoms with E-state index in [0.29, 0.717) is 28.6 Å². The molecule has 1 aromatic heterocycles. The van der Waals surface area contributed by atoms with Gasteiger partial charge in [0, 0.05) is 12.7 Å². The number of benzene rings is 1. The Kier molecular flexibility index (Phi) is 4.50. The van der Waals surface area contributed by atoms with E-state index >= 15 is 0 Å². The smallest absolute Gasteiger partial charge is 0.244 e. The second-order valence-corrected chi connectivity index (χ2v) is 5.39. The maximum Gasteiger partial charge on any atom is 0.244 e. The van der Waals surface area contributed by atoms with E-state index in [1.165, 1.54) is 0 Å². The number of fused-ring (bicyclic) bond motifs is 1. The van der Waals surface area contributed by atoms with Gasteiger partial charge in [-0.05, 0) is 18.2 Å². The number of rotatable bonds is 5. The molecule has 2 aromatic rings. The van der Waals surface area contributed by atoms with Crippen LogP contribution in [0.2, 0.25) is 0 Å². The fraction of sp³-hybridized carbons (Fsp3) is 0.294. The third kappa shape index (κ3) is 2.75. The van der Waals surface area contributed by atoms with Gasteiger partial charge in [0.25, 0.3) is 0 Å². The van der Waals surface area contributed by atoms with Crippen LogP contribution in [-0.2, 0) is 11.3 Å². The molecule has 0 saturated heterocycles. The van der Waals surface area contributed by atoms with E-state index in [2.05, 4.69) is 16.3 Å². The summed E-state index contributed by atoms with van der Waals surface area (Å²) in [6, 6.07) is 7.52. The number of aromatic nitrogens is 2. The number of hydrogen-bond donors (Lipinski definition) is 2. The molecule has 1 aliphatic rings. The molecule has 8 nitrogen and oxygen atoms in total. The standard InChI is InChI=1S/C17H18N4O4/c1-22-8-12-15-14(10-6-9(23-2)4-5-13(10)24-3)11(7-18)16(19)25-17(15)21-20-12/h4-6,14H,8,19H2,1-3H3,(H,20,21)/t14-/m1/s1. The molecule has 3 rings (SSSR count). The number of nitriles is 1. The Balaban J connectivity index is 2.27. The molecule has 2 heterocycles. The number of allylic oxidation sites excluding steroid dienone is 1. The maximum absolute atomic E-state index is 9.67. The van der Waals surface area contributed by atoms with Crippen LogP contribution < -0.4 is 19.9 Å². The molecule has 0 spiro atoms. The monoisotopic (exact) mass is 342 g/mol. The minimum Gasteiger partial charge on any atom is -0.497 e. The maximum atomic E-state index is 9.67. The number of hydrogen-bond acceptors (Lipinski definition) is 7. The topological polar surface area (TPSA) is 115 Å². The highest BCUT2D eigenvalue weighted by Crippen LogP contribution is 2.46. The number of aromatic amines is 1. The Bertz CT molecular complexity index is 866. The fourth-order valence-corrected chi connectivity index (χ4v) is 2.94. The van der Waals surface area contributed by atoms with Crippen LogP contribution in [0.15, 0.2) is 29.7 Å². The molecule has 1 aromatic carbocycles. The number of ether oxygens (including phenoxy) is 4. The van der Waals surface area contributed by atoms with Crippen molar-refractivity contribution in [3.8, 4) is 23.4 Å². The molecular formula is C17H18N4O4. The molecular weight excluding hydrogens is 324 g/mol. The van der Waals surface area contributed by atoms with Gasteiger partial charge >= 0.3 is 0 Å². The van der Waals surface area contributed by atoms with Crippen molar-refractivity contribution in [2.75, 3.05) is 21.3 Å². The predicted octanol–water partition coefficient (Wildman–Crippen LogP) is 1.79. The SMILES string of the molecule is COCc1[nH]nc2c1[C@H](c1cc(OC)ccc1OC)C(C#N)=C(N)O2. The van der Waals surface area contributed by atoms with Crippen LogP contribution in [0.25, 0.3) is 0 Å². The quantitative estimate of drug-likeness (QED) is 0.851. The first kappa shape index (κ1) is 16.7. The van der Waals surface area contributed by atoms with Crippen LogP contribution in [0.3, 0.4) is 0 Å². The number of H-pyrrole nitrogens is 1. The summed E-state index contributed by atoms with van der Waals surface area (Å²) in [5.41, 5.74) is 8.35. The summed E-state index contributed by atoms with van der Waals surface area (Å²) < 4.78 is 21.5. The first-order valence-electron chi connectivity index (χ1n) is 7.50. The Morgan fingerprint density at radius 1 is 1.32 bits per heavy atom. The summed E-state index contributed by atoms with van der Waals surface area (Å²) in [6.45, 7) is 0.285. The molecule has 8 heteroatoms. The molecule has 1 atom stereocenters. The van der Waals surface area contributed by atoms with Gasteiger partial charge in [0.15, 0.2) is 0 Å². The van der Waals surface area contributed by atoms with Crippen molar-refractivity contribution >= 4 is 0 Å². The van der Waals surface area contributed by atoms with Crippen LogP contribution in [0.4, 0.5) is 0 Å². The summed E-state index contributed by atoms with van der Waals surface area (Å²) in [5.74, 6) is 1.06. The zero-order valence-corrected chi connectivity index (χ0v) is 14.1. The van der Waals surface area contributed by atoms with E-state index in [9.17, 15) is 5.26 Å². The lowest BCUT2D eigenvalue weighted by Gasteiger charge is -2.25. The predicted molar refractivity (Wildman–Crippen MR) is 88.1 cm³/mol. The number of nitrogens with zero attached hydrogens (tertiary/aromatic N) is 2. The van der Waals surface area contributed by atoms with Crippen LogP contribution in [-0.4, -0.2) is 31.5 Å². The summed E-state index contributed by atoms with van der Waals surface area (Å²) in [6.07, 6.45) is 0. The Hall–Kier alpha value is -3.18. The second-order valence-electron chi connectivity index (χ2n) is 5.39. The fourth-order valence-electron chi connectivity index (χ4n) is 2.94. The molecule has 0 unspecified atom stereocenters. The largest absolute Gasteiger partial charge is 0.497 e. The van der Waals surface area contributed by atoms with E-state index in [-0.39, 0.29) is 18.1 Å². The lowest BCUT2D eigenvalue weighted by Crippen LogP contribution is -2.21. The van der Waals surface area contributed by atoms with E-state index in [0.717, 1.165) is 5.56 Å². The molecule has 0 bridgehead atoms. The highest BCUT2D eigenvalue weighted by atomic mass is 16.5.